The molecular weight excluding hydrogens is 1020 g/mol. The van der Waals surface area contributed by atoms with Gasteiger partial charge in [0.2, 0.25) is 0 Å². The van der Waals surface area contributed by atoms with Crippen LogP contribution >= 0.6 is 0 Å². The smallest absolute Gasteiger partial charge is 0.309 e. The SMILES string of the molecule is CC/C=C\C/C=C\C/C=C\C/C=C\C/C=C\CC(=O)OCC(COC(=O)CCCCCCCCCCCCCCCCCCCCCCC/C=C\CCCCCCCCCC)OC(=O)CCCCCCCCCCCCCCCCCCC. The molecule has 0 rings (SSSR count). The van der Waals surface area contributed by atoms with Crippen LogP contribution in [0.4, 0.5) is 0 Å². The zero-order valence-corrected chi connectivity index (χ0v) is 55.5. The maximum Gasteiger partial charge on any atom is 0.309 e. The Labute approximate surface area is 516 Å². The molecule has 6 nitrogen and oxygen atoms in total. The predicted molar refractivity (Wildman–Crippen MR) is 362 cm³/mol. The topological polar surface area (TPSA) is 78.9 Å². The van der Waals surface area contributed by atoms with Gasteiger partial charge in [-0.1, -0.05) is 363 Å². The van der Waals surface area contributed by atoms with Gasteiger partial charge in [0.1, 0.15) is 13.2 Å². The van der Waals surface area contributed by atoms with E-state index in [0.29, 0.717) is 12.8 Å². The fourth-order valence-corrected chi connectivity index (χ4v) is 10.8. The molecule has 0 saturated heterocycles. The summed E-state index contributed by atoms with van der Waals surface area (Å²) in [4.78, 5) is 38.3. The molecule has 482 valence electrons. The highest BCUT2D eigenvalue weighted by molar-refractivity contribution is 5.72. The van der Waals surface area contributed by atoms with E-state index in [9.17, 15) is 14.4 Å². The Kier molecular flexibility index (Phi) is 68.6. The third-order valence-electron chi connectivity index (χ3n) is 16.2. The first-order chi connectivity index (χ1) is 41.0. The number of allylic oxidation sites excluding steroid dienone is 11. The highest BCUT2D eigenvalue weighted by Crippen LogP contribution is 2.19. The Morgan fingerprint density at radius 3 is 0.831 bits per heavy atom. The number of unbranched alkanes of at least 4 members (excludes halogenated alkanes) is 45. The highest BCUT2D eigenvalue weighted by Gasteiger charge is 2.19. The van der Waals surface area contributed by atoms with Crippen molar-refractivity contribution >= 4 is 17.9 Å². The van der Waals surface area contributed by atoms with Gasteiger partial charge in [-0.15, -0.1) is 0 Å². The molecule has 1 unspecified atom stereocenters. The zero-order valence-electron chi connectivity index (χ0n) is 55.5. The number of carbonyl (C=O) groups excluding carboxylic acids is 3. The van der Waals surface area contributed by atoms with E-state index >= 15 is 0 Å². The molecule has 0 aromatic carbocycles. The first-order valence-electron chi connectivity index (χ1n) is 36.4. The second-order valence-corrected chi connectivity index (χ2v) is 24.5. The molecule has 0 aromatic rings. The fourth-order valence-electron chi connectivity index (χ4n) is 10.8. The molecule has 0 aromatic heterocycles. The lowest BCUT2D eigenvalue weighted by Gasteiger charge is -2.18. The summed E-state index contributed by atoms with van der Waals surface area (Å²) in [5.41, 5.74) is 0. The van der Waals surface area contributed by atoms with Gasteiger partial charge >= 0.3 is 17.9 Å². The van der Waals surface area contributed by atoms with Crippen LogP contribution in [0.1, 0.15) is 380 Å². The first kappa shape index (κ1) is 79.8. The van der Waals surface area contributed by atoms with E-state index in [4.69, 9.17) is 14.2 Å². The van der Waals surface area contributed by atoms with Gasteiger partial charge in [0.05, 0.1) is 6.42 Å². The minimum atomic E-state index is -0.814. The average molecular weight is 1160 g/mol. The molecule has 6 heteroatoms. The van der Waals surface area contributed by atoms with Crippen molar-refractivity contribution in [2.45, 2.75) is 386 Å². The molecule has 0 aliphatic carbocycles. The van der Waals surface area contributed by atoms with Crippen LogP contribution < -0.4 is 0 Å². The molecule has 0 heterocycles. The van der Waals surface area contributed by atoms with Crippen LogP contribution in [0.15, 0.2) is 72.9 Å². The van der Waals surface area contributed by atoms with Crippen LogP contribution in [0.2, 0.25) is 0 Å². The monoisotopic (exact) mass is 1160 g/mol. The number of hydrogen-bond acceptors (Lipinski definition) is 6. The number of ether oxygens (including phenoxy) is 3. The van der Waals surface area contributed by atoms with Crippen LogP contribution in [0.3, 0.4) is 0 Å². The summed E-state index contributed by atoms with van der Waals surface area (Å²) in [6.45, 7) is 6.50. The van der Waals surface area contributed by atoms with Crippen molar-refractivity contribution in [3.05, 3.63) is 72.9 Å². The van der Waals surface area contributed by atoms with E-state index in [1.807, 2.05) is 12.2 Å². The summed E-state index contributed by atoms with van der Waals surface area (Å²) in [7, 11) is 0. The van der Waals surface area contributed by atoms with Crippen LogP contribution in [-0.4, -0.2) is 37.2 Å². The number of rotatable bonds is 67. The van der Waals surface area contributed by atoms with Gasteiger partial charge < -0.3 is 14.2 Å². The van der Waals surface area contributed by atoms with Crippen molar-refractivity contribution in [3.8, 4) is 0 Å². The maximum atomic E-state index is 12.9. The van der Waals surface area contributed by atoms with Crippen LogP contribution in [-0.2, 0) is 28.6 Å². The second-order valence-electron chi connectivity index (χ2n) is 24.5. The van der Waals surface area contributed by atoms with Gasteiger partial charge in [0.25, 0.3) is 0 Å². The molecule has 0 spiro atoms. The lowest BCUT2D eigenvalue weighted by molar-refractivity contribution is -0.166. The first-order valence-corrected chi connectivity index (χ1v) is 36.4. The van der Waals surface area contributed by atoms with Crippen molar-refractivity contribution in [3.63, 3.8) is 0 Å². The van der Waals surface area contributed by atoms with Crippen molar-refractivity contribution < 1.29 is 28.6 Å². The van der Waals surface area contributed by atoms with Gasteiger partial charge in [0, 0.05) is 12.8 Å². The number of carbonyl (C=O) groups is 3. The van der Waals surface area contributed by atoms with Crippen LogP contribution in [0.25, 0.3) is 0 Å². The minimum Gasteiger partial charge on any atom is -0.462 e. The summed E-state index contributed by atoms with van der Waals surface area (Å²) >= 11 is 0. The van der Waals surface area contributed by atoms with E-state index < -0.39 is 12.1 Å². The maximum absolute atomic E-state index is 12.9. The molecule has 0 amide bonds. The lowest BCUT2D eigenvalue weighted by Crippen LogP contribution is -2.30. The number of esters is 3. The van der Waals surface area contributed by atoms with Crippen LogP contribution in [0, 0.1) is 0 Å². The van der Waals surface area contributed by atoms with Crippen molar-refractivity contribution in [1.29, 1.82) is 0 Å². The Morgan fingerprint density at radius 2 is 0.518 bits per heavy atom. The summed E-state index contributed by atoms with van der Waals surface area (Å²) < 4.78 is 16.9. The van der Waals surface area contributed by atoms with Gasteiger partial charge in [-0.05, 0) is 70.6 Å². The van der Waals surface area contributed by atoms with Gasteiger partial charge in [-0.2, -0.15) is 0 Å². The summed E-state index contributed by atoms with van der Waals surface area (Å²) in [5.74, 6) is -1.01. The predicted octanol–water partition coefficient (Wildman–Crippen LogP) is 25.2. The second kappa shape index (κ2) is 71.3. The third-order valence-corrected chi connectivity index (χ3v) is 16.2. The molecule has 1 atom stereocenters. The molecule has 0 aliphatic heterocycles. The Balaban J connectivity index is 4.19. The normalized spacial score (nSPS) is 12.5. The van der Waals surface area contributed by atoms with Crippen molar-refractivity contribution in [2.24, 2.45) is 0 Å². The van der Waals surface area contributed by atoms with Gasteiger partial charge in [0.15, 0.2) is 6.10 Å². The van der Waals surface area contributed by atoms with E-state index in [1.165, 1.54) is 270 Å². The Bertz CT molecular complexity index is 1520. The van der Waals surface area contributed by atoms with E-state index in [0.717, 1.165) is 70.6 Å². The van der Waals surface area contributed by atoms with E-state index in [2.05, 4.69) is 81.5 Å². The molecule has 0 bridgehead atoms. The Hall–Kier alpha value is -3.15. The van der Waals surface area contributed by atoms with E-state index in [1.54, 1.807) is 0 Å². The molecule has 0 N–H and O–H groups in total. The largest absolute Gasteiger partial charge is 0.462 e. The van der Waals surface area contributed by atoms with Crippen molar-refractivity contribution in [1.82, 2.24) is 0 Å². The standard InChI is InChI=1S/C77H138O6/c1-4-7-10-13-16-19-22-25-28-30-31-32-33-34-35-36-37-38-39-40-41-42-43-44-45-47-49-52-55-58-61-64-67-70-76(79)82-73-74(72-81-75(78)69-66-63-60-57-54-51-48-27-24-21-18-15-12-9-6-3)83-77(80)71-68-65-62-59-56-53-50-46-29-26-23-20-17-14-11-8-5-2/h9,12,18,21,27,30-31,48,54,57,63,66,74H,4-8,10-11,13-17,19-20,22-26,28-29,32-47,49-53,55-56,58-62,64-65,67-73H2,1-3H3/b12-9-,21-18-,31-30-,48-27-,57-54-,66-63-. The minimum absolute atomic E-state index is 0.100. The van der Waals surface area contributed by atoms with Gasteiger partial charge in [-0.3, -0.25) is 14.4 Å². The molecule has 0 radical (unpaired) electrons. The molecule has 0 fully saturated rings. The molecule has 0 aliphatic rings. The molecule has 0 saturated carbocycles. The average Bonchev–Trinajstić information content (AvgIpc) is 3.49. The highest BCUT2D eigenvalue weighted by atomic mass is 16.6. The van der Waals surface area contributed by atoms with Crippen LogP contribution in [0.5, 0.6) is 0 Å². The van der Waals surface area contributed by atoms with Crippen molar-refractivity contribution in [2.75, 3.05) is 13.2 Å². The lowest BCUT2D eigenvalue weighted by atomic mass is 10.0. The van der Waals surface area contributed by atoms with Gasteiger partial charge in [-0.25, -0.2) is 0 Å². The quantitative estimate of drug-likeness (QED) is 0.0261. The zero-order chi connectivity index (χ0) is 59.9. The Morgan fingerprint density at radius 1 is 0.265 bits per heavy atom. The third kappa shape index (κ3) is 69.5. The summed E-state index contributed by atoms with van der Waals surface area (Å²) in [5, 5.41) is 0. The van der Waals surface area contributed by atoms with E-state index in [-0.39, 0.29) is 31.6 Å². The molecule has 83 heavy (non-hydrogen) atoms. The fraction of sp³-hybridized carbons (Fsp3) is 0.805. The summed E-state index contributed by atoms with van der Waals surface area (Å²) in [6, 6.07) is 0. The number of hydrogen-bond donors (Lipinski definition) is 0. The molecular formula is C77H138O6. The summed E-state index contributed by atoms with van der Waals surface area (Å²) in [6.07, 6.45) is 94.1.